The van der Waals surface area contributed by atoms with Crippen LogP contribution in [0.15, 0.2) is 12.1 Å². The molecule has 3 rings (SSSR count). The van der Waals surface area contributed by atoms with Gasteiger partial charge in [0.1, 0.15) is 11.6 Å². The smallest absolute Gasteiger partial charge is 0.314 e. The van der Waals surface area contributed by atoms with E-state index in [1.54, 1.807) is 0 Å². The molecule has 116 valence electrons. The zero-order valence-electron chi connectivity index (χ0n) is 11.5. The molecule has 0 aromatic heterocycles. The van der Waals surface area contributed by atoms with Crippen LogP contribution in [0.4, 0.5) is 8.78 Å². The van der Waals surface area contributed by atoms with E-state index in [4.69, 9.17) is 0 Å². The van der Waals surface area contributed by atoms with Gasteiger partial charge >= 0.3 is 5.97 Å². The Balaban J connectivity index is 1.99. The van der Waals surface area contributed by atoms with Crippen molar-refractivity contribution in [1.29, 1.82) is 0 Å². The lowest BCUT2D eigenvalue weighted by molar-refractivity contribution is -0.140. The second-order valence-electron chi connectivity index (χ2n) is 5.74. The maximum Gasteiger partial charge on any atom is 0.314 e. The number of imide groups is 1. The van der Waals surface area contributed by atoms with Gasteiger partial charge in [-0.3, -0.25) is 19.7 Å². The van der Waals surface area contributed by atoms with Gasteiger partial charge in [-0.25, -0.2) is 8.78 Å². The van der Waals surface area contributed by atoms with Crippen LogP contribution in [-0.4, -0.2) is 22.9 Å². The number of halogens is 2. The number of carboxylic acids is 1. The fourth-order valence-electron chi connectivity index (χ4n) is 2.91. The number of amides is 2. The topological polar surface area (TPSA) is 83.5 Å². The normalized spacial score (nSPS) is 23.1. The standard InChI is InChI=1S/C15H13F2NO4/c16-9-5-7(15(3-4-15)14(21)22)6-10(17)12(9)8-1-2-11(19)18-13(8)20/h5-6,8H,1-4H2,(H,21,22)(H,18,19,20)/t8-/m1/s1. The molecule has 2 fully saturated rings. The molecule has 1 saturated carbocycles. The van der Waals surface area contributed by atoms with E-state index < -0.39 is 46.3 Å². The van der Waals surface area contributed by atoms with E-state index in [9.17, 15) is 28.3 Å². The van der Waals surface area contributed by atoms with Crippen LogP contribution in [0.25, 0.3) is 0 Å². The fraction of sp³-hybridized carbons (Fsp3) is 0.400. The summed E-state index contributed by atoms with van der Waals surface area (Å²) in [5.41, 5.74) is -1.55. The Morgan fingerprint density at radius 3 is 2.27 bits per heavy atom. The number of carbonyl (C=O) groups excluding carboxylic acids is 2. The Bertz CT molecular complexity index is 674. The Morgan fingerprint density at radius 1 is 1.23 bits per heavy atom. The SMILES string of the molecule is O=C1CC[C@H](c2c(F)cc(C3(C(=O)O)CC3)cc2F)C(=O)N1. The molecule has 0 bridgehead atoms. The number of hydrogen-bond acceptors (Lipinski definition) is 3. The first-order valence-electron chi connectivity index (χ1n) is 6.91. The third-order valence-corrected chi connectivity index (χ3v) is 4.38. The fourth-order valence-corrected chi connectivity index (χ4v) is 2.91. The second-order valence-corrected chi connectivity index (χ2v) is 5.74. The minimum atomic E-state index is -1.22. The van der Waals surface area contributed by atoms with Crippen molar-refractivity contribution >= 4 is 17.8 Å². The zero-order chi connectivity index (χ0) is 16.1. The summed E-state index contributed by atoms with van der Waals surface area (Å²) in [7, 11) is 0. The van der Waals surface area contributed by atoms with E-state index in [2.05, 4.69) is 5.32 Å². The van der Waals surface area contributed by atoms with Gasteiger partial charge in [-0.1, -0.05) is 0 Å². The monoisotopic (exact) mass is 309 g/mol. The molecule has 1 heterocycles. The Morgan fingerprint density at radius 2 is 1.82 bits per heavy atom. The summed E-state index contributed by atoms with van der Waals surface area (Å²) in [6.07, 6.45) is 0.704. The maximum absolute atomic E-state index is 14.3. The average molecular weight is 309 g/mol. The predicted molar refractivity (Wildman–Crippen MR) is 70.0 cm³/mol. The van der Waals surface area contributed by atoms with Crippen molar-refractivity contribution in [2.75, 3.05) is 0 Å². The highest BCUT2D eigenvalue weighted by atomic mass is 19.1. The van der Waals surface area contributed by atoms with Crippen LogP contribution in [0.3, 0.4) is 0 Å². The van der Waals surface area contributed by atoms with Crippen LogP contribution in [-0.2, 0) is 19.8 Å². The van der Waals surface area contributed by atoms with Crippen molar-refractivity contribution in [1.82, 2.24) is 5.32 Å². The molecule has 2 amide bonds. The number of aliphatic carboxylic acids is 1. The number of piperidine rings is 1. The molecule has 0 radical (unpaired) electrons. The quantitative estimate of drug-likeness (QED) is 0.831. The molecule has 1 aromatic rings. The van der Waals surface area contributed by atoms with Crippen LogP contribution >= 0.6 is 0 Å². The molecule has 22 heavy (non-hydrogen) atoms. The van der Waals surface area contributed by atoms with Gasteiger partial charge in [0, 0.05) is 12.0 Å². The number of benzene rings is 1. The molecule has 1 aliphatic heterocycles. The summed E-state index contributed by atoms with van der Waals surface area (Å²) in [6, 6.07) is 1.98. The molecule has 1 saturated heterocycles. The van der Waals surface area contributed by atoms with Crippen molar-refractivity contribution in [3.8, 4) is 0 Å². The van der Waals surface area contributed by atoms with Gasteiger partial charge in [0.25, 0.3) is 0 Å². The molecule has 0 unspecified atom stereocenters. The van der Waals surface area contributed by atoms with Gasteiger partial charge in [-0.2, -0.15) is 0 Å². The first-order chi connectivity index (χ1) is 10.3. The van der Waals surface area contributed by atoms with Crippen LogP contribution in [0, 0.1) is 11.6 Å². The van der Waals surface area contributed by atoms with Gasteiger partial charge in [0.05, 0.1) is 11.3 Å². The van der Waals surface area contributed by atoms with Crippen molar-refractivity contribution in [3.05, 3.63) is 34.9 Å². The lowest BCUT2D eigenvalue weighted by Gasteiger charge is -2.23. The molecular weight excluding hydrogens is 296 g/mol. The van der Waals surface area contributed by atoms with Gasteiger partial charge in [-0.05, 0) is 37.0 Å². The minimum Gasteiger partial charge on any atom is -0.481 e. The second kappa shape index (κ2) is 4.86. The molecule has 1 aliphatic carbocycles. The van der Waals surface area contributed by atoms with E-state index in [1.165, 1.54) is 0 Å². The molecule has 7 heteroatoms. The zero-order valence-corrected chi connectivity index (χ0v) is 11.5. The summed E-state index contributed by atoms with van der Waals surface area (Å²) in [4.78, 5) is 34.1. The van der Waals surface area contributed by atoms with E-state index in [0.29, 0.717) is 12.8 Å². The highest BCUT2D eigenvalue weighted by Crippen LogP contribution is 2.49. The van der Waals surface area contributed by atoms with Crippen LogP contribution in [0.2, 0.25) is 0 Å². The molecular formula is C15H13F2NO4. The number of hydrogen-bond donors (Lipinski definition) is 2. The van der Waals surface area contributed by atoms with Crippen LogP contribution in [0.5, 0.6) is 0 Å². The molecule has 2 N–H and O–H groups in total. The van der Waals surface area contributed by atoms with Crippen LogP contribution < -0.4 is 5.32 Å². The van der Waals surface area contributed by atoms with E-state index in [0.717, 1.165) is 12.1 Å². The number of nitrogens with one attached hydrogen (secondary N) is 1. The molecule has 5 nitrogen and oxygen atoms in total. The Hall–Kier alpha value is -2.31. The van der Waals surface area contributed by atoms with E-state index in [1.807, 2.05) is 0 Å². The van der Waals surface area contributed by atoms with Crippen molar-refractivity contribution in [2.45, 2.75) is 37.0 Å². The first-order valence-corrected chi connectivity index (χ1v) is 6.91. The molecule has 0 spiro atoms. The minimum absolute atomic E-state index is 0.0100. The largest absolute Gasteiger partial charge is 0.481 e. The highest BCUT2D eigenvalue weighted by Gasteiger charge is 2.52. The first kappa shape index (κ1) is 14.6. The van der Waals surface area contributed by atoms with E-state index >= 15 is 0 Å². The summed E-state index contributed by atoms with van der Waals surface area (Å²) in [5.74, 6) is -5.29. The third-order valence-electron chi connectivity index (χ3n) is 4.38. The summed E-state index contributed by atoms with van der Waals surface area (Å²) < 4.78 is 28.6. The summed E-state index contributed by atoms with van der Waals surface area (Å²) in [6.45, 7) is 0. The lowest BCUT2D eigenvalue weighted by Crippen LogP contribution is -2.40. The molecule has 1 atom stereocenters. The van der Waals surface area contributed by atoms with Crippen molar-refractivity contribution < 1.29 is 28.3 Å². The van der Waals surface area contributed by atoms with Gasteiger partial charge in [-0.15, -0.1) is 0 Å². The van der Waals surface area contributed by atoms with Crippen molar-refractivity contribution in [2.24, 2.45) is 0 Å². The van der Waals surface area contributed by atoms with E-state index in [-0.39, 0.29) is 18.4 Å². The average Bonchev–Trinajstić information content (AvgIpc) is 3.21. The number of carbonyl (C=O) groups is 3. The van der Waals surface area contributed by atoms with Crippen molar-refractivity contribution in [3.63, 3.8) is 0 Å². The molecule has 2 aliphatic rings. The highest BCUT2D eigenvalue weighted by molar-refractivity contribution is 6.01. The maximum atomic E-state index is 14.3. The van der Waals surface area contributed by atoms with Crippen LogP contribution in [0.1, 0.15) is 42.7 Å². The summed E-state index contributed by atoms with van der Waals surface area (Å²) in [5, 5.41) is 11.2. The Labute approximate surface area is 124 Å². The van der Waals surface area contributed by atoms with Gasteiger partial charge in [0.15, 0.2) is 0 Å². The van der Waals surface area contributed by atoms with Gasteiger partial charge in [0.2, 0.25) is 11.8 Å². The molecule has 1 aromatic carbocycles. The third kappa shape index (κ3) is 2.17. The Kier molecular flexibility index (Phi) is 3.23. The predicted octanol–water partition coefficient (Wildman–Crippen LogP) is 1.60. The lowest BCUT2D eigenvalue weighted by atomic mass is 9.87. The summed E-state index contributed by atoms with van der Waals surface area (Å²) >= 11 is 0. The number of rotatable bonds is 3. The van der Waals surface area contributed by atoms with Gasteiger partial charge < -0.3 is 5.11 Å². The number of carboxylic acid groups (broad SMARTS) is 1.